The van der Waals surface area contributed by atoms with Crippen LogP contribution in [-0.2, 0) is 4.79 Å². The molecule has 0 atom stereocenters. The average Bonchev–Trinajstić information content (AvgIpc) is 2.59. The van der Waals surface area contributed by atoms with Crippen molar-refractivity contribution < 1.29 is 23.1 Å². The Morgan fingerprint density at radius 3 is 2.67 bits per heavy atom. The molecule has 5 nitrogen and oxygen atoms in total. The van der Waals surface area contributed by atoms with Crippen molar-refractivity contribution in [2.24, 2.45) is 5.92 Å². The zero-order valence-corrected chi connectivity index (χ0v) is 13.6. The fraction of sp³-hybridized carbons (Fsp3) is 0.529. The number of hydrogen-bond acceptors (Lipinski definition) is 3. The van der Waals surface area contributed by atoms with Crippen LogP contribution in [0.25, 0.3) is 0 Å². The molecule has 1 fully saturated rings. The number of nitrogens with one attached hydrogen (secondary N) is 1. The van der Waals surface area contributed by atoms with Gasteiger partial charge in [-0.3, -0.25) is 9.59 Å². The van der Waals surface area contributed by atoms with Crippen LogP contribution in [0.1, 0.15) is 36.5 Å². The summed E-state index contributed by atoms with van der Waals surface area (Å²) >= 11 is 0. The quantitative estimate of drug-likeness (QED) is 0.866. The maximum absolute atomic E-state index is 12.5. The zero-order valence-electron chi connectivity index (χ0n) is 13.6. The lowest BCUT2D eigenvalue weighted by Gasteiger charge is -2.31. The highest BCUT2D eigenvalue weighted by Gasteiger charge is 2.27. The van der Waals surface area contributed by atoms with Crippen molar-refractivity contribution in [2.75, 3.05) is 19.6 Å². The fourth-order valence-electron chi connectivity index (χ4n) is 2.73. The first-order valence-electron chi connectivity index (χ1n) is 8.13. The predicted molar refractivity (Wildman–Crippen MR) is 85.0 cm³/mol. The summed E-state index contributed by atoms with van der Waals surface area (Å²) in [7, 11) is 0. The zero-order chi connectivity index (χ0) is 17.5. The monoisotopic (exact) mass is 340 g/mol. The molecule has 1 aliphatic rings. The molecule has 1 saturated heterocycles. The molecule has 2 rings (SSSR count). The van der Waals surface area contributed by atoms with Crippen molar-refractivity contribution in [3.05, 3.63) is 29.8 Å². The Morgan fingerprint density at radius 2 is 2.04 bits per heavy atom. The Kier molecular flexibility index (Phi) is 6.52. The van der Waals surface area contributed by atoms with E-state index in [1.807, 2.05) is 6.92 Å². The van der Waals surface area contributed by atoms with Crippen LogP contribution in [0.15, 0.2) is 24.3 Å². The van der Waals surface area contributed by atoms with E-state index in [1.54, 1.807) is 11.0 Å². The van der Waals surface area contributed by atoms with E-state index in [2.05, 4.69) is 10.1 Å². The number of likely N-dealkylation sites (tertiary alicyclic amines) is 1. The summed E-state index contributed by atoms with van der Waals surface area (Å²) in [6, 6.07) is 5.78. The maximum atomic E-state index is 12.5. The van der Waals surface area contributed by atoms with E-state index in [4.69, 9.17) is 0 Å². The van der Waals surface area contributed by atoms with Gasteiger partial charge in [-0.2, -0.15) is 8.78 Å². The molecule has 1 heterocycles. The summed E-state index contributed by atoms with van der Waals surface area (Å²) in [5, 5.41) is 2.87. The number of carbonyl (C=O) groups excluding carboxylic acids is 2. The third-order valence-electron chi connectivity index (χ3n) is 4.01. The lowest BCUT2D eigenvalue weighted by atomic mass is 9.95. The molecule has 0 radical (unpaired) electrons. The van der Waals surface area contributed by atoms with Gasteiger partial charge < -0.3 is 15.0 Å². The molecule has 0 spiro atoms. The first-order chi connectivity index (χ1) is 11.5. The number of alkyl halides is 2. The summed E-state index contributed by atoms with van der Waals surface area (Å²) < 4.78 is 28.8. The minimum Gasteiger partial charge on any atom is -0.435 e. The minimum atomic E-state index is -2.92. The van der Waals surface area contributed by atoms with E-state index in [9.17, 15) is 18.4 Å². The molecule has 2 amide bonds. The van der Waals surface area contributed by atoms with Gasteiger partial charge in [-0.25, -0.2) is 0 Å². The molecule has 132 valence electrons. The van der Waals surface area contributed by atoms with Crippen molar-refractivity contribution in [3.63, 3.8) is 0 Å². The maximum Gasteiger partial charge on any atom is 0.387 e. The summed E-state index contributed by atoms with van der Waals surface area (Å²) in [5.41, 5.74) is 0.307. The highest BCUT2D eigenvalue weighted by atomic mass is 19.3. The second-order valence-corrected chi connectivity index (χ2v) is 5.76. The predicted octanol–water partition coefficient (Wildman–Crippen LogP) is 2.67. The molecule has 0 unspecified atom stereocenters. The van der Waals surface area contributed by atoms with Crippen LogP contribution in [0, 0.1) is 5.92 Å². The lowest BCUT2D eigenvalue weighted by molar-refractivity contribution is -0.126. The van der Waals surface area contributed by atoms with Gasteiger partial charge in [0.15, 0.2) is 0 Å². The van der Waals surface area contributed by atoms with Crippen molar-refractivity contribution in [3.8, 4) is 5.75 Å². The van der Waals surface area contributed by atoms with Gasteiger partial charge in [-0.05, 0) is 37.5 Å². The first kappa shape index (κ1) is 18.2. The molecular weight excluding hydrogens is 318 g/mol. The molecule has 7 heteroatoms. The van der Waals surface area contributed by atoms with E-state index in [0.29, 0.717) is 38.0 Å². The first-order valence-corrected chi connectivity index (χ1v) is 8.13. The van der Waals surface area contributed by atoms with Gasteiger partial charge >= 0.3 is 6.61 Å². The van der Waals surface area contributed by atoms with Crippen molar-refractivity contribution in [1.29, 1.82) is 0 Å². The number of hydrogen-bond donors (Lipinski definition) is 1. The number of amides is 2. The van der Waals surface area contributed by atoms with Gasteiger partial charge in [-0.1, -0.05) is 13.0 Å². The van der Waals surface area contributed by atoms with Gasteiger partial charge in [0.2, 0.25) is 5.91 Å². The average molecular weight is 340 g/mol. The highest BCUT2D eigenvalue weighted by Crippen LogP contribution is 2.21. The molecule has 0 aliphatic carbocycles. The van der Waals surface area contributed by atoms with E-state index in [-0.39, 0.29) is 23.5 Å². The Morgan fingerprint density at radius 1 is 1.33 bits per heavy atom. The normalized spacial score (nSPS) is 15.4. The third-order valence-corrected chi connectivity index (χ3v) is 4.01. The summed E-state index contributed by atoms with van der Waals surface area (Å²) in [6.45, 7) is 0.682. The molecule has 0 saturated carbocycles. The second-order valence-electron chi connectivity index (χ2n) is 5.76. The second kappa shape index (κ2) is 8.61. The number of halogens is 2. The smallest absolute Gasteiger partial charge is 0.387 e. The number of rotatable bonds is 6. The lowest BCUT2D eigenvalue weighted by Crippen LogP contribution is -2.43. The Bertz CT molecular complexity index is 573. The third kappa shape index (κ3) is 4.91. The highest BCUT2D eigenvalue weighted by molar-refractivity contribution is 5.94. The van der Waals surface area contributed by atoms with Crippen LogP contribution < -0.4 is 10.1 Å². The van der Waals surface area contributed by atoms with Crippen LogP contribution >= 0.6 is 0 Å². The standard InChI is InChI=1S/C17H22F2N2O3/c1-2-8-20-15(22)12-6-9-21(10-7-12)16(23)13-4-3-5-14(11-13)24-17(18)19/h3-5,11-12,17H,2,6-10H2,1H3,(H,20,22). The Balaban J connectivity index is 1.92. The largest absolute Gasteiger partial charge is 0.435 e. The van der Waals surface area contributed by atoms with Gasteiger partial charge in [0.25, 0.3) is 5.91 Å². The molecule has 1 aromatic carbocycles. The summed E-state index contributed by atoms with van der Waals surface area (Å²) in [4.78, 5) is 26.1. The number of nitrogens with zero attached hydrogens (tertiary/aromatic N) is 1. The van der Waals surface area contributed by atoms with Gasteiger partial charge in [-0.15, -0.1) is 0 Å². The van der Waals surface area contributed by atoms with Crippen molar-refractivity contribution in [1.82, 2.24) is 10.2 Å². The van der Waals surface area contributed by atoms with Crippen LogP contribution in [0.2, 0.25) is 0 Å². The summed E-state index contributed by atoms with van der Waals surface area (Å²) in [6.07, 6.45) is 2.10. The number of piperidine rings is 1. The van der Waals surface area contributed by atoms with Crippen molar-refractivity contribution in [2.45, 2.75) is 32.8 Å². The van der Waals surface area contributed by atoms with Gasteiger partial charge in [0.05, 0.1) is 0 Å². The van der Waals surface area contributed by atoms with E-state index >= 15 is 0 Å². The van der Waals surface area contributed by atoms with Crippen LogP contribution in [0.3, 0.4) is 0 Å². The Labute approximate surface area is 140 Å². The minimum absolute atomic E-state index is 0.0373. The topological polar surface area (TPSA) is 58.6 Å². The van der Waals surface area contributed by atoms with Crippen molar-refractivity contribution >= 4 is 11.8 Å². The Hall–Kier alpha value is -2.18. The van der Waals surface area contributed by atoms with Crippen LogP contribution in [0.5, 0.6) is 5.75 Å². The van der Waals surface area contributed by atoms with E-state index in [0.717, 1.165) is 6.42 Å². The SMILES string of the molecule is CCCNC(=O)C1CCN(C(=O)c2cccc(OC(F)F)c2)CC1. The number of benzene rings is 1. The molecule has 0 bridgehead atoms. The molecule has 0 aromatic heterocycles. The summed E-state index contributed by atoms with van der Waals surface area (Å²) in [5.74, 6) is -0.308. The van der Waals surface area contributed by atoms with E-state index < -0.39 is 6.61 Å². The fourth-order valence-corrected chi connectivity index (χ4v) is 2.73. The molecule has 1 N–H and O–H groups in total. The molecule has 1 aromatic rings. The molecule has 24 heavy (non-hydrogen) atoms. The van der Waals surface area contributed by atoms with E-state index in [1.165, 1.54) is 18.2 Å². The van der Waals surface area contributed by atoms with Gasteiger partial charge in [0, 0.05) is 31.1 Å². The van der Waals surface area contributed by atoms with Crippen LogP contribution in [-0.4, -0.2) is 43.0 Å². The molecular formula is C17H22F2N2O3. The molecule has 1 aliphatic heterocycles. The number of carbonyl (C=O) groups is 2. The van der Waals surface area contributed by atoms with Gasteiger partial charge in [0.1, 0.15) is 5.75 Å². The number of ether oxygens (including phenoxy) is 1. The van der Waals surface area contributed by atoms with Crippen LogP contribution in [0.4, 0.5) is 8.78 Å².